The topological polar surface area (TPSA) is 46.5 Å². The van der Waals surface area contributed by atoms with Crippen molar-refractivity contribution in [1.82, 2.24) is 0 Å². The molecule has 1 aliphatic rings. The third kappa shape index (κ3) is 4.71. The second-order valence-corrected chi connectivity index (χ2v) is 5.92. The molecule has 0 aromatic carbocycles. The van der Waals surface area contributed by atoms with Crippen LogP contribution < -0.4 is 0 Å². The quantitative estimate of drug-likeness (QED) is 0.599. The third-order valence-corrected chi connectivity index (χ3v) is 3.86. The Hall–Kier alpha value is -0.990. The van der Waals surface area contributed by atoms with Crippen LogP contribution in [0.25, 0.3) is 0 Å². The van der Waals surface area contributed by atoms with Crippen LogP contribution in [-0.2, 0) is 9.53 Å². The number of hydrogen-bond acceptors (Lipinski definition) is 3. The predicted octanol–water partition coefficient (Wildman–Crippen LogP) is 3.84. The first-order valence-electron chi connectivity index (χ1n) is 6.96. The summed E-state index contributed by atoms with van der Waals surface area (Å²) in [5.41, 5.74) is 0. The van der Waals surface area contributed by atoms with Gasteiger partial charge in [-0.2, -0.15) is 0 Å². The Morgan fingerprint density at radius 2 is 2.06 bits per heavy atom. The number of rotatable bonds is 5. The van der Waals surface area contributed by atoms with Gasteiger partial charge in [-0.05, 0) is 30.6 Å². The molecule has 18 heavy (non-hydrogen) atoms. The highest BCUT2D eigenvalue weighted by molar-refractivity contribution is 5.69. The van der Waals surface area contributed by atoms with E-state index in [1.807, 2.05) is 0 Å². The van der Waals surface area contributed by atoms with Gasteiger partial charge in [-0.15, -0.1) is 0 Å². The molecule has 0 unspecified atom stereocenters. The molecule has 0 aliphatic heterocycles. The van der Waals surface area contributed by atoms with Crippen LogP contribution in [-0.4, -0.2) is 17.2 Å². The van der Waals surface area contributed by atoms with Gasteiger partial charge >= 0.3 is 5.97 Å². The van der Waals surface area contributed by atoms with E-state index in [2.05, 4.69) is 27.4 Å². The zero-order valence-electron chi connectivity index (χ0n) is 11.8. The molecule has 0 heterocycles. The van der Waals surface area contributed by atoms with E-state index in [9.17, 15) is 4.79 Å². The van der Waals surface area contributed by atoms with E-state index in [4.69, 9.17) is 9.84 Å². The van der Waals surface area contributed by atoms with Crippen LogP contribution in [0.1, 0.15) is 52.9 Å². The first-order valence-corrected chi connectivity index (χ1v) is 6.96. The van der Waals surface area contributed by atoms with Crippen molar-refractivity contribution < 1.29 is 14.6 Å². The average molecular weight is 254 g/mol. The maximum absolute atomic E-state index is 11.7. The largest absolute Gasteiger partial charge is 0.513 e. The van der Waals surface area contributed by atoms with Gasteiger partial charge in [0.1, 0.15) is 6.10 Å². The molecule has 0 spiro atoms. The van der Waals surface area contributed by atoms with Crippen molar-refractivity contribution in [2.45, 2.75) is 59.0 Å². The van der Waals surface area contributed by atoms with E-state index < -0.39 is 0 Å². The second-order valence-electron chi connectivity index (χ2n) is 5.92. The van der Waals surface area contributed by atoms with Crippen molar-refractivity contribution in [3.63, 3.8) is 0 Å². The van der Waals surface area contributed by atoms with Crippen LogP contribution >= 0.6 is 0 Å². The zero-order valence-corrected chi connectivity index (χ0v) is 11.8. The molecule has 0 bridgehead atoms. The molecule has 0 aromatic rings. The van der Waals surface area contributed by atoms with Gasteiger partial charge in [-0.3, -0.25) is 4.79 Å². The molecule has 1 rings (SSSR count). The number of aliphatic hydroxyl groups excluding tert-OH is 1. The number of ether oxygens (including phenoxy) is 1. The summed E-state index contributed by atoms with van der Waals surface area (Å²) in [6, 6.07) is 0. The van der Waals surface area contributed by atoms with E-state index in [1.165, 1.54) is 6.42 Å². The standard InChI is InChI=1S/C15H26O3/c1-10(2)13-7-5-11(3)9-14(13)18-15(17)8-6-12(4)16/h10-11,13-14,16H,4-9H2,1-3H3/t11-,13+,14-/m1/s1. The highest BCUT2D eigenvalue weighted by Gasteiger charge is 2.33. The van der Waals surface area contributed by atoms with Gasteiger partial charge in [-0.1, -0.05) is 33.8 Å². The SMILES string of the molecule is C=C(O)CCC(=O)O[C@@H]1C[C@H](C)CC[C@H]1C(C)C. The first-order chi connectivity index (χ1) is 8.40. The Labute approximate surface area is 110 Å². The van der Waals surface area contributed by atoms with E-state index in [0.29, 0.717) is 24.2 Å². The Kier molecular flexibility index (Phi) is 5.70. The lowest BCUT2D eigenvalue weighted by Gasteiger charge is -2.36. The normalized spacial score (nSPS) is 28.1. The fraction of sp³-hybridized carbons (Fsp3) is 0.800. The van der Waals surface area contributed by atoms with Crippen molar-refractivity contribution in [1.29, 1.82) is 0 Å². The smallest absolute Gasteiger partial charge is 0.306 e. The van der Waals surface area contributed by atoms with Crippen molar-refractivity contribution in [2.24, 2.45) is 17.8 Å². The fourth-order valence-corrected chi connectivity index (χ4v) is 2.72. The van der Waals surface area contributed by atoms with Crippen LogP contribution in [0.15, 0.2) is 12.3 Å². The van der Waals surface area contributed by atoms with Crippen LogP contribution in [0.5, 0.6) is 0 Å². The summed E-state index contributed by atoms with van der Waals surface area (Å²) in [5.74, 6) is 1.48. The summed E-state index contributed by atoms with van der Waals surface area (Å²) in [4.78, 5) is 11.7. The highest BCUT2D eigenvalue weighted by Crippen LogP contribution is 2.35. The Morgan fingerprint density at radius 3 is 2.61 bits per heavy atom. The molecular formula is C15H26O3. The fourth-order valence-electron chi connectivity index (χ4n) is 2.72. The molecule has 3 atom stereocenters. The van der Waals surface area contributed by atoms with Crippen molar-refractivity contribution >= 4 is 5.97 Å². The van der Waals surface area contributed by atoms with Gasteiger partial charge in [0.2, 0.25) is 0 Å². The maximum Gasteiger partial charge on any atom is 0.306 e. The molecule has 0 aromatic heterocycles. The molecular weight excluding hydrogens is 228 g/mol. The molecule has 0 radical (unpaired) electrons. The molecule has 3 nitrogen and oxygen atoms in total. The number of esters is 1. The van der Waals surface area contributed by atoms with Crippen molar-refractivity contribution in [2.75, 3.05) is 0 Å². The lowest BCUT2D eigenvalue weighted by Crippen LogP contribution is -2.35. The molecule has 0 saturated heterocycles. The second kappa shape index (κ2) is 6.81. The maximum atomic E-state index is 11.7. The number of aliphatic hydroxyl groups is 1. The summed E-state index contributed by atoms with van der Waals surface area (Å²) >= 11 is 0. The van der Waals surface area contributed by atoms with Gasteiger partial charge in [0.15, 0.2) is 0 Å². The van der Waals surface area contributed by atoms with E-state index in [1.54, 1.807) is 0 Å². The zero-order chi connectivity index (χ0) is 13.7. The number of carbonyl (C=O) groups excluding carboxylic acids is 1. The van der Waals surface area contributed by atoms with Crippen LogP contribution in [0, 0.1) is 17.8 Å². The third-order valence-electron chi connectivity index (χ3n) is 3.86. The minimum atomic E-state index is -0.213. The summed E-state index contributed by atoms with van der Waals surface area (Å²) < 4.78 is 5.59. The van der Waals surface area contributed by atoms with E-state index in [0.717, 1.165) is 12.8 Å². The van der Waals surface area contributed by atoms with Gasteiger partial charge in [0.25, 0.3) is 0 Å². The molecule has 1 fully saturated rings. The minimum Gasteiger partial charge on any atom is -0.513 e. The molecule has 1 saturated carbocycles. The number of hydrogen-bond donors (Lipinski definition) is 1. The summed E-state index contributed by atoms with van der Waals surface area (Å²) in [6.45, 7) is 9.98. The van der Waals surface area contributed by atoms with Gasteiger partial charge in [0, 0.05) is 6.42 Å². The van der Waals surface area contributed by atoms with E-state index in [-0.39, 0.29) is 24.3 Å². The minimum absolute atomic E-state index is 0.0457. The molecule has 0 amide bonds. The Morgan fingerprint density at radius 1 is 1.39 bits per heavy atom. The lowest BCUT2D eigenvalue weighted by atomic mass is 9.75. The highest BCUT2D eigenvalue weighted by atomic mass is 16.5. The number of carbonyl (C=O) groups is 1. The van der Waals surface area contributed by atoms with Gasteiger partial charge < -0.3 is 9.84 Å². The summed E-state index contributed by atoms with van der Waals surface area (Å²) in [5, 5.41) is 8.99. The van der Waals surface area contributed by atoms with Gasteiger partial charge in [-0.25, -0.2) is 0 Å². The Balaban J connectivity index is 2.49. The molecule has 1 N–H and O–H groups in total. The predicted molar refractivity (Wildman–Crippen MR) is 72.2 cm³/mol. The number of allylic oxidation sites excluding steroid dienone is 1. The van der Waals surface area contributed by atoms with Crippen LogP contribution in [0.3, 0.4) is 0 Å². The van der Waals surface area contributed by atoms with Crippen LogP contribution in [0.2, 0.25) is 0 Å². The monoisotopic (exact) mass is 254 g/mol. The van der Waals surface area contributed by atoms with Crippen molar-refractivity contribution in [3.05, 3.63) is 12.3 Å². The van der Waals surface area contributed by atoms with Crippen molar-refractivity contribution in [3.8, 4) is 0 Å². The van der Waals surface area contributed by atoms with Gasteiger partial charge in [0.05, 0.1) is 12.2 Å². The molecule has 1 aliphatic carbocycles. The Bertz CT molecular complexity index is 296. The molecule has 104 valence electrons. The average Bonchev–Trinajstić information content (AvgIpc) is 2.26. The van der Waals surface area contributed by atoms with E-state index >= 15 is 0 Å². The summed E-state index contributed by atoms with van der Waals surface area (Å²) in [6.07, 6.45) is 3.91. The van der Waals surface area contributed by atoms with Crippen LogP contribution in [0.4, 0.5) is 0 Å². The summed E-state index contributed by atoms with van der Waals surface area (Å²) in [7, 11) is 0. The first kappa shape index (κ1) is 15.1. The lowest BCUT2D eigenvalue weighted by molar-refractivity contribution is -0.156. The molecule has 3 heteroatoms.